The molecule has 0 spiro atoms. The van der Waals surface area contributed by atoms with Crippen LogP contribution in [0.5, 0.6) is 0 Å². The maximum absolute atomic E-state index is 15.7. The van der Waals surface area contributed by atoms with Crippen LogP contribution in [0.1, 0.15) is 33.6 Å². The monoisotopic (exact) mass is 524 g/mol. The summed E-state index contributed by atoms with van der Waals surface area (Å²) < 4.78 is 31.3. The fourth-order valence-electron chi connectivity index (χ4n) is 4.77. The van der Waals surface area contributed by atoms with Gasteiger partial charge in [-0.2, -0.15) is 0 Å². The third-order valence-electron chi connectivity index (χ3n) is 6.48. The minimum Gasteiger partial charge on any atom is -0.309 e. The molecule has 0 atom stereocenters. The molecule has 2 nitrogen and oxygen atoms in total. The molecule has 4 aromatic rings. The molecule has 0 radical (unpaired) electrons. The molecule has 0 fully saturated rings. The Bertz CT molecular complexity index is 1380. The molecular formula is C33H34O2P2. The van der Waals surface area contributed by atoms with E-state index < -0.39 is 14.3 Å². The first-order chi connectivity index (χ1) is 17.9. The van der Waals surface area contributed by atoms with Crippen molar-refractivity contribution in [1.82, 2.24) is 0 Å². The topological polar surface area (TPSA) is 34.1 Å². The van der Waals surface area contributed by atoms with Crippen LogP contribution in [0.25, 0.3) is 0 Å². The zero-order valence-corrected chi connectivity index (χ0v) is 23.5. The first kappa shape index (κ1) is 26.9. The fourth-order valence-corrected chi connectivity index (χ4v) is 11.6. The molecule has 0 unspecified atom stereocenters. The van der Waals surface area contributed by atoms with E-state index in [1.807, 2.05) is 135 Å². The Kier molecular flexibility index (Phi) is 8.65. The Morgan fingerprint density at radius 3 is 1.19 bits per heavy atom. The van der Waals surface area contributed by atoms with Crippen LogP contribution in [0, 0.1) is 0 Å². The van der Waals surface area contributed by atoms with Crippen LogP contribution in [-0.2, 0) is 9.13 Å². The molecule has 37 heavy (non-hydrogen) atoms. The van der Waals surface area contributed by atoms with Crippen molar-refractivity contribution in [3.63, 3.8) is 0 Å². The van der Waals surface area contributed by atoms with E-state index in [0.717, 1.165) is 39.6 Å². The van der Waals surface area contributed by atoms with E-state index in [1.54, 1.807) is 0 Å². The summed E-state index contributed by atoms with van der Waals surface area (Å²) in [5, 5.41) is 4.35. The quantitative estimate of drug-likeness (QED) is 0.164. The Morgan fingerprint density at radius 1 is 0.568 bits per heavy atom. The molecule has 0 aromatic heterocycles. The van der Waals surface area contributed by atoms with E-state index in [2.05, 4.69) is 13.0 Å². The van der Waals surface area contributed by atoms with Crippen molar-refractivity contribution >= 4 is 35.5 Å². The summed E-state index contributed by atoms with van der Waals surface area (Å²) in [6, 6.07) is 38.7. The summed E-state index contributed by atoms with van der Waals surface area (Å²) in [6.07, 6.45) is 3.71. The molecular weight excluding hydrogens is 490 g/mol. The van der Waals surface area contributed by atoms with E-state index >= 15 is 9.13 Å². The van der Waals surface area contributed by atoms with Crippen molar-refractivity contribution in [3.05, 3.63) is 144 Å². The number of hydrogen-bond acceptors (Lipinski definition) is 2. The average molecular weight is 525 g/mol. The Hall–Kier alpha value is -3.18. The molecule has 0 bridgehead atoms. The summed E-state index contributed by atoms with van der Waals surface area (Å²) in [5.74, 6) is 0. The lowest BCUT2D eigenvalue weighted by atomic mass is 10.2. The van der Waals surface area contributed by atoms with E-state index in [-0.39, 0.29) is 0 Å². The maximum Gasteiger partial charge on any atom is 0.171 e. The lowest BCUT2D eigenvalue weighted by molar-refractivity contribution is 0.587. The Labute approximate surface area is 221 Å². The van der Waals surface area contributed by atoms with Gasteiger partial charge < -0.3 is 9.13 Å². The van der Waals surface area contributed by atoms with Gasteiger partial charge in [0.05, 0.1) is 0 Å². The van der Waals surface area contributed by atoms with Crippen molar-refractivity contribution in [2.75, 3.05) is 0 Å². The van der Waals surface area contributed by atoms with E-state index in [9.17, 15) is 0 Å². The number of hydrogen-bond donors (Lipinski definition) is 0. The van der Waals surface area contributed by atoms with Crippen molar-refractivity contribution < 1.29 is 9.13 Å². The predicted octanol–water partition coefficient (Wildman–Crippen LogP) is 7.99. The largest absolute Gasteiger partial charge is 0.309 e. The minimum absolute atomic E-state index is 0.683. The van der Waals surface area contributed by atoms with Gasteiger partial charge in [-0.3, -0.25) is 0 Å². The van der Waals surface area contributed by atoms with Gasteiger partial charge in [-0.05, 0) is 20.3 Å². The Morgan fingerprint density at radius 2 is 0.892 bits per heavy atom. The number of allylic oxidation sites excluding steroid dienone is 4. The van der Waals surface area contributed by atoms with Crippen molar-refractivity contribution in [3.8, 4) is 0 Å². The van der Waals surface area contributed by atoms with Gasteiger partial charge in [0.25, 0.3) is 0 Å². The third-order valence-corrected chi connectivity index (χ3v) is 13.2. The van der Waals surface area contributed by atoms with Gasteiger partial charge in [-0.1, -0.05) is 146 Å². The van der Waals surface area contributed by atoms with Crippen LogP contribution in [0.4, 0.5) is 0 Å². The molecule has 0 saturated heterocycles. The molecule has 0 aliphatic rings. The van der Waals surface area contributed by atoms with Gasteiger partial charge in [0, 0.05) is 31.8 Å². The number of unbranched alkanes of at least 4 members (excludes halogenated alkanes) is 1. The van der Waals surface area contributed by atoms with Gasteiger partial charge >= 0.3 is 0 Å². The summed E-state index contributed by atoms with van der Waals surface area (Å²) >= 11 is 0. The second kappa shape index (κ2) is 11.9. The van der Waals surface area contributed by atoms with Crippen LogP contribution in [-0.4, -0.2) is 0 Å². The Balaban J connectivity index is 2.13. The predicted molar refractivity (Wildman–Crippen MR) is 161 cm³/mol. The van der Waals surface area contributed by atoms with Crippen LogP contribution in [0.15, 0.2) is 144 Å². The summed E-state index contributed by atoms with van der Waals surface area (Å²) in [5.41, 5.74) is 0.908. The van der Waals surface area contributed by atoms with Crippen molar-refractivity contribution in [1.29, 1.82) is 0 Å². The first-order valence-corrected chi connectivity index (χ1v) is 16.2. The van der Waals surface area contributed by atoms with Gasteiger partial charge in [-0.15, -0.1) is 0 Å². The van der Waals surface area contributed by atoms with Crippen molar-refractivity contribution in [2.45, 2.75) is 33.6 Å². The third kappa shape index (κ3) is 5.28. The second-order valence-corrected chi connectivity index (χ2v) is 14.7. The molecule has 0 aliphatic heterocycles. The minimum atomic E-state index is -3.38. The highest BCUT2D eigenvalue weighted by Crippen LogP contribution is 2.66. The highest BCUT2D eigenvalue weighted by atomic mass is 31.2. The zero-order valence-electron chi connectivity index (χ0n) is 21.7. The molecule has 0 N–H and O–H groups in total. The summed E-state index contributed by atoms with van der Waals surface area (Å²) in [7, 11) is -6.77. The van der Waals surface area contributed by atoms with Gasteiger partial charge in [0.2, 0.25) is 0 Å². The molecule has 188 valence electrons. The molecule has 0 amide bonds. The lowest BCUT2D eigenvalue weighted by Gasteiger charge is -2.31. The van der Waals surface area contributed by atoms with Crippen LogP contribution in [0.2, 0.25) is 0 Å². The van der Waals surface area contributed by atoms with E-state index in [1.165, 1.54) is 0 Å². The average Bonchev–Trinajstić information content (AvgIpc) is 2.96. The first-order valence-electron chi connectivity index (χ1n) is 12.8. The van der Waals surface area contributed by atoms with E-state index in [4.69, 9.17) is 0 Å². The molecule has 0 saturated carbocycles. The SMILES string of the molecule is CCC/C=C(\C(=C(C)C)P(=O)(c1ccccc1)c1ccccc1)P(=O)(c1ccccc1)c1ccccc1. The smallest absolute Gasteiger partial charge is 0.171 e. The molecule has 0 heterocycles. The standard InChI is InChI=1S/C33H34O2P2/c1-4-5-26-32(36(34,28-18-10-6-11-19-28)29-20-12-7-13-21-29)33(27(2)3)37(35,30-22-14-8-15-23-30)31-24-16-9-17-25-31/h6-26H,4-5H2,1-3H3/b32-26+. The molecule has 0 aliphatic carbocycles. The number of rotatable bonds is 9. The lowest BCUT2D eigenvalue weighted by Crippen LogP contribution is -2.23. The maximum atomic E-state index is 15.7. The molecule has 4 heteroatoms. The van der Waals surface area contributed by atoms with Crippen molar-refractivity contribution in [2.24, 2.45) is 0 Å². The van der Waals surface area contributed by atoms with Crippen LogP contribution in [0.3, 0.4) is 0 Å². The van der Waals surface area contributed by atoms with Crippen LogP contribution >= 0.6 is 14.3 Å². The fraction of sp³-hybridized carbons (Fsp3) is 0.152. The van der Waals surface area contributed by atoms with Gasteiger partial charge in [0.1, 0.15) is 0 Å². The molecule has 4 aromatic carbocycles. The van der Waals surface area contributed by atoms with Gasteiger partial charge in [-0.25, -0.2) is 0 Å². The summed E-state index contributed by atoms with van der Waals surface area (Å²) in [6.45, 7) is 6.10. The number of benzene rings is 4. The molecule has 4 rings (SSSR count). The highest BCUT2D eigenvalue weighted by molar-refractivity contribution is 7.87. The zero-order chi connectivity index (χ0) is 26.3. The normalized spacial score (nSPS) is 12.2. The van der Waals surface area contributed by atoms with Crippen LogP contribution < -0.4 is 21.2 Å². The second-order valence-electron chi connectivity index (χ2n) is 9.29. The van der Waals surface area contributed by atoms with Gasteiger partial charge in [0.15, 0.2) is 14.3 Å². The summed E-state index contributed by atoms with van der Waals surface area (Å²) in [4.78, 5) is 0. The highest BCUT2D eigenvalue weighted by Gasteiger charge is 2.42. The van der Waals surface area contributed by atoms with E-state index in [0.29, 0.717) is 10.6 Å².